The molecule has 0 saturated carbocycles. The minimum Gasteiger partial charge on any atom is -0.298 e. The fraction of sp³-hybridized carbons (Fsp3) is 0.333. The Kier molecular flexibility index (Phi) is 5.76. The lowest BCUT2D eigenvalue weighted by Crippen LogP contribution is -2.17. The van der Waals surface area contributed by atoms with Crippen LogP contribution in [0.15, 0.2) is 40.3 Å². The van der Waals surface area contributed by atoms with Crippen molar-refractivity contribution in [2.24, 2.45) is 5.92 Å². The molecule has 0 bridgehead atoms. The molecule has 1 aliphatic rings. The van der Waals surface area contributed by atoms with Crippen LogP contribution in [-0.2, 0) is 19.3 Å². The summed E-state index contributed by atoms with van der Waals surface area (Å²) in [5.74, 6) is 0.749. The van der Waals surface area contributed by atoms with E-state index in [-0.39, 0.29) is 5.91 Å². The van der Waals surface area contributed by atoms with E-state index < -0.39 is 0 Å². The minimum atomic E-state index is -0.0213. The zero-order valence-electron chi connectivity index (χ0n) is 15.1. The number of aromatic nitrogens is 1. The van der Waals surface area contributed by atoms with E-state index in [4.69, 9.17) is 0 Å². The van der Waals surface area contributed by atoms with Crippen molar-refractivity contribution < 1.29 is 4.79 Å². The van der Waals surface area contributed by atoms with Gasteiger partial charge in [0.15, 0.2) is 5.13 Å². The molecule has 1 aromatic carbocycles. The highest BCUT2D eigenvalue weighted by Gasteiger charge is 2.24. The number of thiazole rings is 1. The Labute approximate surface area is 176 Å². The number of amides is 1. The summed E-state index contributed by atoms with van der Waals surface area (Å²) in [6.45, 7) is 2.26. The molecule has 1 atom stereocenters. The Morgan fingerprint density at radius 2 is 2.15 bits per heavy atom. The SMILES string of the molecule is CCC1CCc2c(C(=O)Nc3ncc(Cc4ccc(Br)cc4)s3)csc2C1. The molecule has 2 aromatic heterocycles. The van der Waals surface area contributed by atoms with Crippen LogP contribution < -0.4 is 5.32 Å². The quantitative estimate of drug-likeness (QED) is 0.483. The maximum Gasteiger partial charge on any atom is 0.258 e. The molecule has 0 fully saturated rings. The predicted molar refractivity (Wildman–Crippen MR) is 117 cm³/mol. The smallest absolute Gasteiger partial charge is 0.258 e. The standard InChI is InChI=1S/C21H21BrN2OS2/c1-2-13-5-8-17-18(12-26-19(17)10-13)20(25)24-21-23-11-16(27-21)9-14-3-6-15(22)7-4-14/h3-4,6-7,11-13H,2,5,8-10H2,1H3,(H,23,24,25). The van der Waals surface area contributed by atoms with Gasteiger partial charge >= 0.3 is 0 Å². The van der Waals surface area contributed by atoms with Crippen LogP contribution >= 0.6 is 38.6 Å². The normalized spacial score (nSPS) is 16.1. The van der Waals surface area contributed by atoms with Gasteiger partial charge in [0, 0.05) is 32.2 Å². The summed E-state index contributed by atoms with van der Waals surface area (Å²) in [5, 5.41) is 5.70. The van der Waals surface area contributed by atoms with Crippen molar-refractivity contribution in [2.75, 3.05) is 5.32 Å². The van der Waals surface area contributed by atoms with Gasteiger partial charge in [-0.05, 0) is 48.4 Å². The Morgan fingerprint density at radius 1 is 1.33 bits per heavy atom. The summed E-state index contributed by atoms with van der Waals surface area (Å²) >= 11 is 6.74. The summed E-state index contributed by atoms with van der Waals surface area (Å²) in [6, 6.07) is 8.29. The summed E-state index contributed by atoms with van der Waals surface area (Å²) < 4.78 is 1.08. The minimum absolute atomic E-state index is 0.0213. The Bertz CT molecular complexity index is 946. The fourth-order valence-electron chi connectivity index (χ4n) is 3.53. The van der Waals surface area contributed by atoms with Crippen LogP contribution in [0.4, 0.5) is 5.13 Å². The van der Waals surface area contributed by atoms with Gasteiger partial charge in [-0.2, -0.15) is 0 Å². The van der Waals surface area contributed by atoms with E-state index >= 15 is 0 Å². The summed E-state index contributed by atoms with van der Waals surface area (Å²) in [4.78, 5) is 19.7. The van der Waals surface area contributed by atoms with Crippen LogP contribution in [0, 0.1) is 5.92 Å². The number of hydrogen-bond acceptors (Lipinski definition) is 4. The number of benzene rings is 1. The van der Waals surface area contributed by atoms with Crippen molar-refractivity contribution in [2.45, 2.75) is 39.0 Å². The first-order chi connectivity index (χ1) is 13.1. The van der Waals surface area contributed by atoms with Crippen molar-refractivity contribution in [3.63, 3.8) is 0 Å². The highest BCUT2D eigenvalue weighted by Crippen LogP contribution is 2.34. The maximum absolute atomic E-state index is 12.8. The molecule has 1 unspecified atom stereocenters. The van der Waals surface area contributed by atoms with Crippen molar-refractivity contribution >= 4 is 49.6 Å². The highest BCUT2D eigenvalue weighted by atomic mass is 79.9. The lowest BCUT2D eigenvalue weighted by atomic mass is 9.86. The lowest BCUT2D eigenvalue weighted by molar-refractivity contribution is 0.102. The molecule has 27 heavy (non-hydrogen) atoms. The zero-order chi connectivity index (χ0) is 18.8. The van der Waals surface area contributed by atoms with Gasteiger partial charge in [-0.15, -0.1) is 22.7 Å². The maximum atomic E-state index is 12.8. The van der Waals surface area contributed by atoms with Crippen LogP contribution in [-0.4, -0.2) is 10.9 Å². The topological polar surface area (TPSA) is 42.0 Å². The molecule has 140 valence electrons. The average molecular weight is 461 g/mol. The van der Waals surface area contributed by atoms with E-state index in [1.807, 2.05) is 23.7 Å². The number of fused-ring (bicyclic) bond motifs is 1. The second kappa shape index (κ2) is 8.25. The van der Waals surface area contributed by atoms with Crippen molar-refractivity contribution in [1.29, 1.82) is 0 Å². The molecule has 3 nitrogen and oxygen atoms in total. The number of nitrogens with one attached hydrogen (secondary N) is 1. The molecular weight excluding hydrogens is 440 g/mol. The van der Waals surface area contributed by atoms with Crippen LogP contribution in [0.5, 0.6) is 0 Å². The van der Waals surface area contributed by atoms with Gasteiger partial charge in [0.05, 0.1) is 5.56 Å². The lowest BCUT2D eigenvalue weighted by Gasteiger charge is -2.21. The van der Waals surface area contributed by atoms with E-state index in [0.717, 1.165) is 40.1 Å². The van der Waals surface area contributed by atoms with Gasteiger partial charge in [0.1, 0.15) is 0 Å². The van der Waals surface area contributed by atoms with Gasteiger partial charge < -0.3 is 0 Å². The van der Waals surface area contributed by atoms with Crippen LogP contribution in [0.3, 0.4) is 0 Å². The number of thiophene rings is 1. The number of rotatable bonds is 5. The van der Waals surface area contributed by atoms with Crippen LogP contribution in [0.1, 0.15) is 51.0 Å². The molecule has 1 amide bonds. The van der Waals surface area contributed by atoms with E-state index in [2.05, 4.69) is 45.3 Å². The molecule has 3 aromatic rings. The van der Waals surface area contributed by atoms with Crippen molar-refractivity contribution in [3.8, 4) is 0 Å². The molecule has 0 spiro atoms. The van der Waals surface area contributed by atoms with E-state index in [1.54, 1.807) is 22.7 Å². The van der Waals surface area contributed by atoms with Gasteiger partial charge in [-0.3, -0.25) is 10.1 Å². The molecule has 0 radical (unpaired) electrons. The van der Waals surface area contributed by atoms with E-state index in [1.165, 1.54) is 28.8 Å². The average Bonchev–Trinajstić information content (AvgIpc) is 3.29. The molecular formula is C21H21BrN2OS2. The third-order valence-electron chi connectivity index (χ3n) is 5.15. The fourth-order valence-corrected chi connectivity index (χ4v) is 5.84. The number of hydrogen-bond donors (Lipinski definition) is 1. The summed E-state index contributed by atoms with van der Waals surface area (Å²) in [7, 11) is 0. The molecule has 2 heterocycles. The second-order valence-corrected chi connectivity index (χ2v) is 9.95. The molecule has 1 aliphatic carbocycles. The van der Waals surface area contributed by atoms with Crippen LogP contribution in [0.25, 0.3) is 0 Å². The Hall–Kier alpha value is -1.50. The van der Waals surface area contributed by atoms with Crippen LogP contribution in [0.2, 0.25) is 0 Å². The van der Waals surface area contributed by atoms with Gasteiger partial charge in [0.2, 0.25) is 0 Å². The Balaban J connectivity index is 1.43. The second-order valence-electron chi connectivity index (χ2n) is 6.96. The van der Waals surface area contributed by atoms with Gasteiger partial charge in [-0.1, -0.05) is 41.4 Å². The number of carbonyl (C=O) groups is 1. The summed E-state index contributed by atoms with van der Waals surface area (Å²) in [6.07, 6.45) is 7.24. The van der Waals surface area contributed by atoms with Gasteiger partial charge in [-0.25, -0.2) is 4.98 Å². The molecule has 0 saturated heterocycles. The molecule has 6 heteroatoms. The highest BCUT2D eigenvalue weighted by molar-refractivity contribution is 9.10. The Morgan fingerprint density at radius 3 is 2.93 bits per heavy atom. The summed E-state index contributed by atoms with van der Waals surface area (Å²) in [5.41, 5.74) is 3.33. The predicted octanol–water partition coefficient (Wildman–Crippen LogP) is 6.33. The third-order valence-corrected chi connectivity index (χ3v) is 7.64. The molecule has 0 aliphatic heterocycles. The first kappa shape index (κ1) is 18.8. The largest absolute Gasteiger partial charge is 0.298 e. The molecule has 1 N–H and O–H groups in total. The number of halogens is 1. The van der Waals surface area contributed by atoms with Crippen molar-refractivity contribution in [3.05, 3.63) is 66.8 Å². The zero-order valence-corrected chi connectivity index (χ0v) is 18.3. The first-order valence-corrected chi connectivity index (χ1v) is 11.7. The third kappa shape index (κ3) is 4.33. The number of nitrogens with zero attached hydrogens (tertiary/aromatic N) is 1. The van der Waals surface area contributed by atoms with Gasteiger partial charge in [0.25, 0.3) is 5.91 Å². The monoisotopic (exact) mass is 460 g/mol. The van der Waals surface area contributed by atoms with E-state index in [9.17, 15) is 4.79 Å². The van der Waals surface area contributed by atoms with Crippen molar-refractivity contribution in [1.82, 2.24) is 4.98 Å². The number of carbonyl (C=O) groups excluding carboxylic acids is 1. The number of anilines is 1. The first-order valence-electron chi connectivity index (χ1n) is 9.22. The molecule has 4 rings (SSSR count). The van der Waals surface area contributed by atoms with E-state index in [0.29, 0.717) is 5.13 Å².